The van der Waals surface area contributed by atoms with Crippen molar-refractivity contribution in [3.05, 3.63) is 66.2 Å². The van der Waals surface area contributed by atoms with Gasteiger partial charge in [-0.25, -0.2) is 4.79 Å². The monoisotopic (exact) mass is 429 g/mol. The molecule has 0 aliphatic carbocycles. The highest BCUT2D eigenvalue weighted by Gasteiger charge is 2.41. The zero-order valence-corrected chi connectivity index (χ0v) is 17.7. The van der Waals surface area contributed by atoms with Crippen LogP contribution in [0.3, 0.4) is 0 Å². The number of carboxylic acid groups (broad SMARTS) is 1. The van der Waals surface area contributed by atoms with Crippen LogP contribution in [0.15, 0.2) is 65.6 Å². The fourth-order valence-corrected chi connectivity index (χ4v) is 5.32. The van der Waals surface area contributed by atoms with Crippen molar-refractivity contribution in [3.8, 4) is 0 Å². The highest BCUT2D eigenvalue weighted by molar-refractivity contribution is 8.14. The van der Waals surface area contributed by atoms with Crippen molar-refractivity contribution in [1.29, 1.82) is 0 Å². The number of likely N-dealkylation sites (tertiary alicyclic amines) is 1. The van der Waals surface area contributed by atoms with Crippen molar-refractivity contribution in [3.63, 3.8) is 0 Å². The standard InChI is InChI=1S/C22H23NO4S2/c1-15(14-28-22(27)16-8-4-2-5-9-16)20(24)23-13-18(12-19(23)21(25)26)29-17-10-6-3-7-11-17/h2-11,15,18-19H,12-14H2,1H3,(H,25,26)/t15-,18+,19+/m0/s1. The van der Waals surface area contributed by atoms with Crippen LogP contribution in [0.1, 0.15) is 23.7 Å². The van der Waals surface area contributed by atoms with Gasteiger partial charge in [-0.2, -0.15) is 0 Å². The molecule has 29 heavy (non-hydrogen) atoms. The van der Waals surface area contributed by atoms with Gasteiger partial charge in [-0.15, -0.1) is 11.8 Å². The number of hydrogen-bond acceptors (Lipinski definition) is 5. The molecular formula is C22H23NO4S2. The molecule has 7 heteroatoms. The first-order valence-corrected chi connectivity index (χ1v) is 11.3. The highest BCUT2D eigenvalue weighted by Crippen LogP contribution is 2.34. The largest absolute Gasteiger partial charge is 0.480 e. The van der Waals surface area contributed by atoms with Crippen molar-refractivity contribution in [1.82, 2.24) is 4.90 Å². The van der Waals surface area contributed by atoms with Crippen molar-refractivity contribution >= 4 is 40.5 Å². The molecule has 0 radical (unpaired) electrons. The van der Waals surface area contributed by atoms with Gasteiger partial charge in [-0.05, 0) is 18.6 Å². The number of carbonyl (C=O) groups excluding carboxylic acids is 2. The summed E-state index contributed by atoms with van der Waals surface area (Å²) in [7, 11) is 0. The van der Waals surface area contributed by atoms with Gasteiger partial charge in [0.05, 0.1) is 0 Å². The van der Waals surface area contributed by atoms with E-state index in [9.17, 15) is 19.5 Å². The minimum absolute atomic E-state index is 0.0354. The first-order chi connectivity index (χ1) is 14.0. The van der Waals surface area contributed by atoms with Gasteiger partial charge in [0.2, 0.25) is 11.0 Å². The lowest BCUT2D eigenvalue weighted by atomic mass is 10.1. The van der Waals surface area contributed by atoms with Crippen molar-refractivity contribution < 1.29 is 19.5 Å². The molecule has 0 aromatic heterocycles. The zero-order valence-electron chi connectivity index (χ0n) is 16.1. The fraction of sp³-hybridized carbons (Fsp3) is 0.318. The van der Waals surface area contributed by atoms with Crippen LogP contribution in [-0.4, -0.2) is 50.6 Å². The van der Waals surface area contributed by atoms with Crippen molar-refractivity contribution in [2.24, 2.45) is 5.92 Å². The van der Waals surface area contributed by atoms with Crippen LogP contribution in [0.25, 0.3) is 0 Å². The predicted octanol–water partition coefficient (Wildman–Crippen LogP) is 4.04. The topological polar surface area (TPSA) is 74.7 Å². The van der Waals surface area contributed by atoms with E-state index in [-0.39, 0.29) is 16.3 Å². The Kier molecular flexibility index (Phi) is 7.39. The molecule has 1 fully saturated rings. The van der Waals surface area contributed by atoms with Gasteiger partial charge >= 0.3 is 5.97 Å². The maximum absolute atomic E-state index is 12.9. The number of carboxylic acids is 1. The molecule has 3 rings (SSSR count). The quantitative estimate of drug-likeness (QED) is 0.716. The number of hydrogen-bond donors (Lipinski definition) is 1. The molecule has 3 atom stereocenters. The third-order valence-corrected chi connectivity index (χ3v) is 7.16. The van der Waals surface area contributed by atoms with Crippen LogP contribution in [-0.2, 0) is 9.59 Å². The van der Waals surface area contributed by atoms with Crippen LogP contribution < -0.4 is 0 Å². The lowest BCUT2D eigenvalue weighted by molar-refractivity contribution is -0.149. The number of rotatable bonds is 7. The third kappa shape index (κ3) is 5.64. The molecule has 2 aromatic rings. The Hall–Kier alpha value is -2.25. The molecule has 152 valence electrons. The van der Waals surface area contributed by atoms with Gasteiger partial charge in [0.1, 0.15) is 6.04 Å². The summed E-state index contributed by atoms with van der Waals surface area (Å²) in [5, 5.41) is 9.55. The smallest absolute Gasteiger partial charge is 0.326 e. The number of amides is 1. The van der Waals surface area contributed by atoms with E-state index in [1.54, 1.807) is 43.0 Å². The van der Waals surface area contributed by atoms with Crippen molar-refractivity contribution in [2.45, 2.75) is 29.5 Å². The van der Waals surface area contributed by atoms with Crippen molar-refractivity contribution in [2.75, 3.05) is 12.3 Å². The zero-order chi connectivity index (χ0) is 20.8. The summed E-state index contributed by atoms with van der Waals surface area (Å²) < 4.78 is 0. The molecule has 1 amide bonds. The predicted molar refractivity (Wildman–Crippen MR) is 116 cm³/mol. The second-order valence-electron chi connectivity index (χ2n) is 7.00. The SMILES string of the molecule is C[C@@H](CSC(=O)c1ccccc1)C(=O)N1C[C@H](Sc2ccccc2)C[C@@H]1C(=O)O. The number of thioether (sulfide) groups is 2. The summed E-state index contributed by atoms with van der Waals surface area (Å²) in [6.07, 6.45) is 0.420. The molecule has 5 nitrogen and oxygen atoms in total. The van der Waals surface area contributed by atoms with Gasteiger partial charge in [0.15, 0.2) is 0 Å². The van der Waals surface area contributed by atoms with Gasteiger partial charge in [-0.1, -0.05) is 67.2 Å². The van der Waals surface area contributed by atoms with Gasteiger partial charge in [0.25, 0.3) is 0 Å². The van der Waals surface area contributed by atoms with Gasteiger partial charge < -0.3 is 10.0 Å². The fourth-order valence-electron chi connectivity index (χ4n) is 3.26. The van der Waals surface area contributed by atoms with Gasteiger partial charge in [0, 0.05) is 33.9 Å². The summed E-state index contributed by atoms with van der Waals surface area (Å²) in [4.78, 5) is 39.5. The minimum atomic E-state index is -0.977. The maximum Gasteiger partial charge on any atom is 0.326 e. The third-order valence-electron chi connectivity index (χ3n) is 4.77. The molecule has 1 heterocycles. The number of aliphatic carboxylic acids is 1. The highest BCUT2D eigenvalue weighted by atomic mass is 32.2. The first-order valence-electron chi connectivity index (χ1n) is 9.43. The Morgan fingerprint density at radius 2 is 1.69 bits per heavy atom. The van der Waals surface area contributed by atoms with Crippen LogP contribution in [0.4, 0.5) is 0 Å². The van der Waals surface area contributed by atoms with Gasteiger partial charge in [-0.3, -0.25) is 9.59 Å². The summed E-state index contributed by atoms with van der Waals surface area (Å²) >= 11 is 2.70. The summed E-state index contributed by atoms with van der Waals surface area (Å²) in [5.41, 5.74) is 0.598. The van der Waals surface area contributed by atoms with E-state index < -0.39 is 17.9 Å². The van der Waals surface area contributed by atoms with E-state index in [0.717, 1.165) is 16.7 Å². The molecule has 0 bridgehead atoms. The Morgan fingerprint density at radius 1 is 1.07 bits per heavy atom. The average Bonchev–Trinajstić information content (AvgIpc) is 3.16. The summed E-state index contributed by atoms with van der Waals surface area (Å²) in [6.45, 7) is 2.15. The average molecular weight is 430 g/mol. The van der Waals surface area contributed by atoms with Crippen LogP contribution in [0.2, 0.25) is 0 Å². The lowest BCUT2D eigenvalue weighted by Crippen LogP contribution is -2.43. The number of nitrogens with zero attached hydrogens (tertiary/aromatic N) is 1. The van der Waals surface area contributed by atoms with Crippen LogP contribution >= 0.6 is 23.5 Å². The summed E-state index contributed by atoms with van der Waals surface area (Å²) in [6, 6.07) is 17.9. The number of benzene rings is 2. The second kappa shape index (κ2) is 9.98. The summed E-state index contributed by atoms with van der Waals surface area (Å²) in [5.74, 6) is -1.29. The minimum Gasteiger partial charge on any atom is -0.480 e. The Morgan fingerprint density at radius 3 is 2.31 bits per heavy atom. The van der Waals surface area contributed by atoms with E-state index in [2.05, 4.69) is 0 Å². The lowest BCUT2D eigenvalue weighted by Gasteiger charge is -2.24. The van der Waals surface area contributed by atoms with E-state index in [4.69, 9.17) is 0 Å². The van der Waals surface area contributed by atoms with E-state index in [1.165, 1.54) is 4.90 Å². The second-order valence-corrected chi connectivity index (χ2v) is 9.37. The van der Waals surface area contributed by atoms with E-state index in [0.29, 0.717) is 24.3 Å². The Balaban J connectivity index is 1.59. The van der Waals surface area contributed by atoms with E-state index >= 15 is 0 Å². The molecule has 0 unspecified atom stereocenters. The first kappa shape index (κ1) is 21.5. The molecule has 1 aliphatic heterocycles. The molecule has 1 saturated heterocycles. The molecule has 1 aliphatic rings. The Labute approximate surface area is 178 Å². The maximum atomic E-state index is 12.9. The molecular weight excluding hydrogens is 406 g/mol. The number of carbonyl (C=O) groups is 3. The van der Waals surface area contributed by atoms with E-state index in [1.807, 2.05) is 36.4 Å². The molecule has 2 aromatic carbocycles. The molecule has 0 saturated carbocycles. The van der Waals surface area contributed by atoms with Crippen LogP contribution in [0.5, 0.6) is 0 Å². The molecule has 1 N–H and O–H groups in total. The van der Waals surface area contributed by atoms with Crippen LogP contribution in [0, 0.1) is 5.92 Å². The Bertz CT molecular complexity index is 860. The normalized spacial score (nSPS) is 19.7. The molecule has 0 spiro atoms.